The molecule has 3 aromatic rings. The third-order valence-corrected chi connectivity index (χ3v) is 5.86. The lowest BCUT2D eigenvalue weighted by atomic mass is 9.95. The fourth-order valence-corrected chi connectivity index (χ4v) is 4.17. The number of ether oxygens (including phenoxy) is 1. The number of nitrogens with zero attached hydrogens (tertiary/aromatic N) is 3. The van der Waals surface area contributed by atoms with Crippen molar-refractivity contribution < 1.29 is 14.4 Å². The SMILES string of the molecule is C=C(O/N=C(\C)OCc1ccccc1)c1nc2cc(C(C)=O)ccc2n1C1CCCCC1. The molecule has 0 radical (unpaired) electrons. The molecule has 32 heavy (non-hydrogen) atoms. The van der Waals surface area contributed by atoms with Gasteiger partial charge in [0, 0.05) is 18.5 Å². The summed E-state index contributed by atoms with van der Waals surface area (Å²) in [5.41, 5.74) is 3.46. The molecule has 0 saturated heterocycles. The number of carbonyl (C=O) groups excluding carboxylic acids is 1. The van der Waals surface area contributed by atoms with Crippen LogP contribution in [0.4, 0.5) is 0 Å². The number of ketones is 1. The van der Waals surface area contributed by atoms with Gasteiger partial charge in [-0.15, -0.1) is 0 Å². The maximum atomic E-state index is 11.8. The van der Waals surface area contributed by atoms with Crippen LogP contribution in [0.3, 0.4) is 0 Å². The van der Waals surface area contributed by atoms with Crippen molar-refractivity contribution in [2.24, 2.45) is 5.16 Å². The minimum atomic E-state index is 0.0199. The van der Waals surface area contributed by atoms with E-state index in [-0.39, 0.29) is 5.78 Å². The number of oxime groups is 1. The summed E-state index contributed by atoms with van der Waals surface area (Å²) < 4.78 is 7.89. The molecule has 6 nitrogen and oxygen atoms in total. The molecule has 6 heteroatoms. The fraction of sp³-hybridized carbons (Fsp3) is 0.346. The van der Waals surface area contributed by atoms with Crippen LogP contribution in [0.25, 0.3) is 16.8 Å². The van der Waals surface area contributed by atoms with Gasteiger partial charge in [0.25, 0.3) is 0 Å². The number of rotatable bonds is 7. The summed E-state index contributed by atoms with van der Waals surface area (Å²) in [7, 11) is 0. The highest BCUT2D eigenvalue weighted by atomic mass is 16.7. The quantitative estimate of drug-likeness (QED) is 0.145. The second kappa shape index (κ2) is 9.81. The highest BCUT2D eigenvalue weighted by Crippen LogP contribution is 2.34. The van der Waals surface area contributed by atoms with E-state index in [0.717, 1.165) is 29.4 Å². The van der Waals surface area contributed by atoms with Gasteiger partial charge in [-0.2, -0.15) is 0 Å². The Kier molecular flexibility index (Phi) is 6.69. The minimum absolute atomic E-state index is 0.0199. The summed E-state index contributed by atoms with van der Waals surface area (Å²) in [6, 6.07) is 15.9. The monoisotopic (exact) mass is 431 g/mol. The van der Waals surface area contributed by atoms with Crippen molar-refractivity contribution in [3.63, 3.8) is 0 Å². The van der Waals surface area contributed by atoms with Gasteiger partial charge in [-0.1, -0.05) is 49.6 Å². The highest BCUT2D eigenvalue weighted by Gasteiger charge is 2.24. The van der Waals surface area contributed by atoms with Crippen molar-refractivity contribution >= 4 is 28.5 Å². The molecule has 1 saturated carbocycles. The molecule has 0 atom stereocenters. The largest absolute Gasteiger partial charge is 0.474 e. The lowest BCUT2D eigenvalue weighted by molar-refractivity contribution is 0.101. The maximum absolute atomic E-state index is 11.8. The predicted octanol–water partition coefficient (Wildman–Crippen LogP) is 6.28. The molecule has 1 fully saturated rings. The van der Waals surface area contributed by atoms with Crippen LogP contribution in [-0.2, 0) is 16.2 Å². The average Bonchev–Trinajstić information content (AvgIpc) is 3.21. The van der Waals surface area contributed by atoms with Gasteiger partial charge < -0.3 is 14.1 Å². The lowest BCUT2D eigenvalue weighted by Gasteiger charge is -2.25. The number of Topliss-reactive ketones (excluding diaryl/α,β-unsaturated/α-hetero) is 1. The number of fused-ring (bicyclic) bond motifs is 1. The van der Waals surface area contributed by atoms with Gasteiger partial charge in [0.05, 0.1) is 11.0 Å². The first-order chi connectivity index (χ1) is 15.5. The molecular formula is C26H29N3O3. The van der Waals surface area contributed by atoms with E-state index in [1.807, 2.05) is 48.5 Å². The molecule has 1 heterocycles. The first kappa shape index (κ1) is 21.8. The molecular weight excluding hydrogens is 402 g/mol. The van der Waals surface area contributed by atoms with Crippen molar-refractivity contribution in [1.29, 1.82) is 0 Å². The molecule has 4 rings (SSSR count). The van der Waals surface area contributed by atoms with Crippen LogP contribution >= 0.6 is 0 Å². The summed E-state index contributed by atoms with van der Waals surface area (Å²) in [6.07, 6.45) is 5.80. The molecule has 2 aromatic carbocycles. The second-order valence-corrected chi connectivity index (χ2v) is 8.26. The van der Waals surface area contributed by atoms with Crippen molar-refractivity contribution in [3.8, 4) is 0 Å². The highest BCUT2D eigenvalue weighted by molar-refractivity contribution is 5.97. The summed E-state index contributed by atoms with van der Waals surface area (Å²) in [6.45, 7) is 7.82. The molecule has 1 aliphatic carbocycles. The van der Waals surface area contributed by atoms with Gasteiger partial charge in [-0.3, -0.25) is 4.79 Å². The van der Waals surface area contributed by atoms with E-state index in [1.54, 1.807) is 13.8 Å². The summed E-state index contributed by atoms with van der Waals surface area (Å²) in [4.78, 5) is 22.3. The minimum Gasteiger partial charge on any atom is -0.474 e. The molecule has 0 bridgehead atoms. The van der Waals surface area contributed by atoms with E-state index in [4.69, 9.17) is 14.6 Å². The zero-order valence-corrected chi connectivity index (χ0v) is 18.7. The third-order valence-electron chi connectivity index (χ3n) is 5.86. The molecule has 1 aromatic heterocycles. The predicted molar refractivity (Wildman–Crippen MR) is 126 cm³/mol. The standard InChI is InChI=1S/C26H29N3O3/c1-18(30)22-14-15-25-24(16-22)27-26(29(25)23-12-8-5-9-13-23)19(2)32-28-20(3)31-17-21-10-6-4-7-11-21/h4,6-7,10-11,14-16,23H,2,5,8-9,12-13,17H2,1,3H3/b28-20+. The zero-order valence-electron chi connectivity index (χ0n) is 18.7. The Morgan fingerprint density at radius 1 is 1.12 bits per heavy atom. The van der Waals surface area contributed by atoms with Gasteiger partial charge in [0.2, 0.25) is 5.90 Å². The number of aromatic nitrogens is 2. The number of imidazole rings is 1. The Morgan fingerprint density at radius 2 is 1.88 bits per heavy atom. The lowest BCUT2D eigenvalue weighted by Crippen LogP contribution is -2.15. The van der Waals surface area contributed by atoms with E-state index in [9.17, 15) is 4.79 Å². The van der Waals surface area contributed by atoms with Gasteiger partial charge in [-0.05, 0) is 55.3 Å². The zero-order chi connectivity index (χ0) is 22.5. The summed E-state index contributed by atoms with van der Waals surface area (Å²) in [5.74, 6) is 1.44. The van der Waals surface area contributed by atoms with E-state index in [2.05, 4.69) is 16.3 Å². The Balaban J connectivity index is 1.57. The number of hydrogen-bond acceptors (Lipinski definition) is 5. The van der Waals surface area contributed by atoms with Crippen molar-refractivity contribution in [2.75, 3.05) is 0 Å². The van der Waals surface area contributed by atoms with Crippen LogP contribution in [0.15, 0.2) is 60.3 Å². The van der Waals surface area contributed by atoms with Crippen LogP contribution in [0.2, 0.25) is 0 Å². The Bertz CT molecular complexity index is 1140. The second-order valence-electron chi connectivity index (χ2n) is 8.26. The fourth-order valence-electron chi connectivity index (χ4n) is 4.17. The average molecular weight is 432 g/mol. The van der Waals surface area contributed by atoms with Gasteiger partial charge in [0.1, 0.15) is 6.61 Å². The van der Waals surface area contributed by atoms with Crippen LogP contribution in [0, 0.1) is 0 Å². The van der Waals surface area contributed by atoms with E-state index >= 15 is 0 Å². The first-order valence-corrected chi connectivity index (χ1v) is 11.1. The van der Waals surface area contributed by atoms with Crippen LogP contribution in [-0.4, -0.2) is 21.2 Å². The van der Waals surface area contributed by atoms with E-state index in [0.29, 0.717) is 35.7 Å². The van der Waals surface area contributed by atoms with E-state index < -0.39 is 0 Å². The molecule has 0 amide bonds. The van der Waals surface area contributed by atoms with Crippen LogP contribution in [0.5, 0.6) is 0 Å². The number of benzene rings is 2. The molecule has 1 aliphatic rings. The molecule has 0 aliphatic heterocycles. The molecule has 0 spiro atoms. The van der Waals surface area contributed by atoms with Crippen LogP contribution < -0.4 is 0 Å². The van der Waals surface area contributed by atoms with Gasteiger partial charge in [0.15, 0.2) is 17.4 Å². The van der Waals surface area contributed by atoms with Crippen molar-refractivity contribution in [3.05, 3.63) is 72.1 Å². The van der Waals surface area contributed by atoms with Gasteiger partial charge in [-0.25, -0.2) is 4.98 Å². The topological polar surface area (TPSA) is 65.7 Å². The molecule has 0 unspecified atom stereocenters. The Labute approximate surface area is 188 Å². The summed E-state index contributed by atoms with van der Waals surface area (Å²) in [5, 5.41) is 4.11. The Morgan fingerprint density at radius 3 is 2.59 bits per heavy atom. The number of hydrogen-bond donors (Lipinski definition) is 0. The maximum Gasteiger partial charge on any atom is 0.223 e. The smallest absolute Gasteiger partial charge is 0.223 e. The first-order valence-electron chi connectivity index (χ1n) is 11.1. The normalized spacial score (nSPS) is 15.0. The van der Waals surface area contributed by atoms with Crippen molar-refractivity contribution in [1.82, 2.24) is 9.55 Å². The molecule has 166 valence electrons. The third kappa shape index (κ3) is 4.90. The number of carbonyl (C=O) groups is 1. The van der Waals surface area contributed by atoms with Crippen LogP contribution in [0.1, 0.15) is 73.7 Å². The van der Waals surface area contributed by atoms with E-state index in [1.165, 1.54) is 19.3 Å². The van der Waals surface area contributed by atoms with Crippen molar-refractivity contribution in [2.45, 2.75) is 58.6 Å². The molecule has 0 N–H and O–H groups in total. The Hall–Kier alpha value is -3.41. The van der Waals surface area contributed by atoms with Gasteiger partial charge >= 0.3 is 0 Å². The summed E-state index contributed by atoms with van der Waals surface area (Å²) >= 11 is 0.